The van der Waals surface area contributed by atoms with E-state index in [9.17, 15) is 8.78 Å². The van der Waals surface area contributed by atoms with Gasteiger partial charge in [-0.2, -0.15) is 0 Å². The quantitative estimate of drug-likeness (QED) is 0.651. The maximum atomic E-state index is 13.8. The fourth-order valence-corrected chi connectivity index (χ4v) is 2.64. The number of hydrogen-bond donors (Lipinski definition) is 0. The van der Waals surface area contributed by atoms with Gasteiger partial charge in [-0.15, -0.1) is 6.58 Å². The van der Waals surface area contributed by atoms with Crippen LogP contribution >= 0.6 is 0 Å². The molecule has 0 unspecified atom stereocenters. The Balaban J connectivity index is 2.19. The zero-order chi connectivity index (χ0) is 12.4. The average molecular weight is 236 g/mol. The van der Waals surface area contributed by atoms with Crippen LogP contribution in [-0.4, -0.2) is 0 Å². The maximum absolute atomic E-state index is 13.8. The summed E-state index contributed by atoms with van der Waals surface area (Å²) in [4.78, 5) is 0. The molecule has 0 bridgehead atoms. The van der Waals surface area contributed by atoms with Crippen LogP contribution in [0.3, 0.4) is 0 Å². The lowest BCUT2D eigenvalue weighted by atomic mass is 9.78. The van der Waals surface area contributed by atoms with Crippen molar-refractivity contribution in [2.45, 2.75) is 38.5 Å². The van der Waals surface area contributed by atoms with Crippen molar-refractivity contribution in [2.24, 2.45) is 5.92 Å². The molecule has 0 nitrogen and oxygen atoms in total. The van der Waals surface area contributed by atoms with Crippen molar-refractivity contribution >= 4 is 0 Å². The molecule has 2 rings (SSSR count). The number of halogens is 2. The predicted octanol–water partition coefficient (Wildman–Crippen LogP) is 4.73. The Morgan fingerprint density at radius 2 is 1.76 bits per heavy atom. The van der Waals surface area contributed by atoms with Gasteiger partial charge in [-0.1, -0.05) is 18.2 Å². The highest BCUT2D eigenvalue weighted by atomic mass is 19.2. The van der Waals surface area contributed by atoms with Gasteiger partial charge in [0.1, 0.15) is 0 Å². The zero-order valence-electron chi connectivity index (χ0n) is 10.2. The molecular weight excluding hydrogens is 218 g/mol. The molecule has 1 aromatic carbocycles. The van der Waals surface area contributed by atoms with Crippen molar-refractivity contribution in [3.8, 4) is 0 Å². The second-order valence-electron chi connectivity index (χ2n) is 4.95. The average Bonchev–Trinajstić information content (AvgIpc) is 2.36. The van der Waals surface area contributed by atoms with Gasteiger partial charge in [0.25, 0.3) is 0 Å². The summed E-state index contributed by atoms with van der Waals surface area (Å²) in [7, 11) is 0. The van der Waals surface area contributed by atoms with Crippen LogP contribution in [0.2, 0.25) is 0 Å². The monoisotopic (exact) mass is 236 g/mol. The Kier molecular flexibility index (Phi) is 3.60. The van der Waals surface area contributed by atoms with Gasteiger partial charge in [0, 0.05) is 0 Å². The van der Waals surface area contributed by atoms with E-state index in [4.69, 9.17) is 0 Å². The lowest BCUT2D eigenvalue weighted by Crippen LogP contribution is -2.13. The van der Waals surface area contributed by atoms with E-state index in [1.54, 1.807) is 19.1 Å². The summed E-state index contributed by atoms with van der Waals surface area (Å²) in [6, 6.07) is 3.42. The van der Waals surface area contributed by atoms with Gasteiger partial charge in [-0.3, -0.25) is 0 Å². The first-order chi connectivity index (χ1) is 8.13. The third kappa shape index (κ3) is 2.41. The van der Waals surface area contributed by atoms with Crippen LogP contribution in [-0.2, 0) is 0 Å². The molecule has 17 heavy (non-hydrogen) atoms. The molecule has 0 atom stereocenters. The van der Waals surface area contributed by atoms with E-state index >= 15 is 0 Å². The van der Waals surface area contributed by atoms with E-state index in [2.05, 4.69) is 6.58 Å². The Morgan fingerprint density at radius 3 is 2.35 bits per heavy atom. The minimum Gasteiger partial charge on any atom is -0.203 e. The lowest BCUT2D eigenvalue weighted by Gasteiger charge is -2.27. The van der Waals surface area contributed by atoms with Gasteiger partial charge in [-0.05, 0) is 55.6 Å². The first-order valence-corrected chi connectivity index (χ1v) is 6.20. The van der Waals surface area contributed by atoms with Crippen molar-refractivity contribution in [3.63, 3.8) is 0 Å². The summed E-state index contributed by atoms with van der Waals surface area (Å²) >= 11 is 0. The highest BCUT2D eigenvalue weighted by Crippen LogP contribution is 2.37. The lowest BCUT2D eigenvalue weighted by molar-refractivity contribution is 0.364. The third-order valence-electron chi connectivity index (χ3n) is 3.85. The molecule has 0 amide bonds. The van der Waals surface area contributed by atoms with Crippen LogP contribution < -0.4 is 0 Å². The molecule has 1 saturated carbocycles. The Labute approximate surface area is 101 Å². The molecule has 2 heteroatoms. The van der Waals surface area contributed by atoms with E-state index in [1.165, 1.54) is 0 Å². The number of aryl methyl sites for hydroxylation is 1. The topological polar surface area (TPSA) is 0 Å². The number of benzene rings is 1. The Hall–Kier alpha value is -1.18. The minimum atomic E-state index is -0.687. The van der Waals surface area contributed by atoms with Gasteiger partial charge < -0.3 is 0 Å². The molecule has 1 aliphatic rings. The van der Waals surface area contributed by atoms with Gasteiger partial charge in [0.15, 0.2) is 11.6 Å². The van der Waals surface area contributed by atoms with E-state index in [1.807, 2.05) is 6.08 Å². The molecule has 1 aromatic rings. The minimum absolute atomic E-state index is 0.168. The fraction of sp³-hybridized carbons (Fsp3) is 0.467. The molecular formula is C15H18F2. The second-order valence-corrected chi connectivity index (χ2v) is 4.95. The van der Waals surface area contributed by atoms with Crippen LogP contribution in [0.15, 0.2) is 24.8 Å². The second kappa shape index (κ2) is 4.99. The van der Waals surface area contributed by atoms with E-state index in [0.717, 1.165) is 25.7 Å². The van der Waals surface area contributed by atoms with Crippen LogP contribution in [0.25, 0.3) is 0 Å². The van der Waals surface area contributed by atoms with Crippen LogP contribution in [0.4, 0.5) is 8.78 Å². The summed E-state index contributed by atoms with van der Waals surface area (Å²) in [5.41, 5.74) is 0.932. The highest BCUT2D eigenvalue weighted by molar-refractivity contribution is 5.28. The van der Waals surface area contributed by atoms with Crippen LogP contribution in [0, 0.1) is 24.5 Å². The standard InChI is InChI=1S/C15H18F2/c1-3-11-5-7-12(8-6-11)13-9-4-10(2)14(16)15(13)17/h3-4,9,11-12H,1,5-8H2,2H3/t11-,12-. The molecule has 92 valence electrons. The van der Waals surface area contributed by atoms with Gasteiger partial charge >= 0.3 is 0 Å². The molecule has 0 spiro atoms. The summed E-state index contributed by atoms with van der Waals surface area (Å²) < 4.78 is 27.3. The maximum Gasteiger partial charge on any atom is 0.162 e. The Bertz CT molecular complexity index is 415. The smallest absolute Gasteiger partial charge is 0.162 e. The van der Waals surface area contributed by atoms with Gasteiger partial charge in [-0.25, -0.2) is 8.78 Å². The van der Waals surface area contributed by atoms with E-state index in [-0.39, 0.29) is 5.92 Å². The summed E-state index contributed by atoms with van der Waals surface area (Å²) in [5, 5.41) is 0. The number of allylic oxidation sites excluding steroid dienone is 1. The van der Waals surface area contributed by atoms with Crippen molar-refractivity contribution in [2.75, 3.05) is 0 Å². The highest BCUT2D eigenvalue weighted by Gasteiger charge is 2.24. The predicted molar refractivity (Wildman–Crippen MR) is 66.0 cm³/mol. The Morgan fingerprint density at radius 1 is 1.12 bits per heavy atom. The molecule has 0 N–H and O–H groups in total. The van der Waals surface area contributed by atoms with Crippen molar-refractivity contribution in [1.82, 2.24) is 0 Å². The molecule has 0 radical (unpaired) electrons. The number of rotatable bonds is 2. The first-order valence-electron chi connectivity index (χ1n) is 6.20. The van der Waals surface area contributed by atoms with Crippen molar-refractivity contribution < 1.29 is 8.78 Å². The molecule has 0 saturated heterocycles. The SMILES string of the molecule is C=C[C@H]1CC[C@H](c2ccc(C)c(F)c2F)CC1. The third-order valence-corrected chi connectivity index (χ3v) is 3.85. The van der Waals surface area contributed by atoms with E-state index in [0.29, 0.717) is 17.0 Å². The van der Waals surface area contributed by atoms with Crippen LogP contribution in [0.1, 0.15) is 42.7 Å². The molecule has 1 aliphatic carbocycles. The van der Waals surface area contributed by atoms with E-state index < -0.39 is 11.6 Å². The largest absolute Gasteiger partial charge is 0.203 e. The molecule has 0 heterocycles. The molecule has 0 aliphatic heterocycles. The summed E-state index contributed by atoms with van der Waals surface area (Å²) in [6.45, 7) is 5.39. The molecule has 1 fully saturated rings. The summed E-state index contributed by atoms with van der Waals surface area (Å²) in [5.74, 6) is -0.619. The van der Waals surface area contributed by atoms with Gasteiger partial charge in [0.05, 0.1) is 0 Å². The van der Waals surface area contributed by atoms with Gasteiger partial charge in [0.2, 0.25) is 0 Å². The molecule has 0 aromatic heterocycles. The van der Waals surface area contributed by atoms with Crippen molar-refractivity contribution in [3.05, 3.63) is 47.5 Å². The fourth-order valence-electron chi connectivity index (χ4n) is 2.64. The van der Waals surface area contributed by atoms with Crippen LogP contribution in [0.5, 0.6) is 0 Å². The normalized spacial score (nSPS) is 24.6. The first kappa shape index (κ1) is 12.3. The summed E-state index contributed by atoms with van der Waals surface area (Å²) in [6.07, 6.45) is 5.89. The van der Waals surface area contributed by atoms with Crippen molar-refractivity contribution in [1.29, 1.82) is 0 Å². The number of hydrogen-bond acceptors (Lipinski definition) is 0. The zero-order valence-corrected chi connectivity index (χ0v) is 10.2.